The number of aliphatic carboxylic acids is 1. The van der Waals surface area contributed by atoms with Gasteiger partial charge in [0.25, 0.3) is 0 Å². The first-order valence-corrected chi connectivity index (χ1v) is 10.5. The third kappa shape index (κ3) is 4.58. The number of pyridine rings is 1. The van der Waals surface area contributed by atoms with E-state index < -0.39 is 11.6 Å². The van der Waals surface area contributed by atoms with E-state index in [1.807, 2.05) is 25.1 Å². The molecule has 33 heavy (non-hydrogen) atoms. The Bertz CT molecular complexity index is 1230. The van der Waals surface area contributed by atoms with Crippen LogP contribution in [0, 0.1) is 0 Å². The minimum absolute atomic E-state index is 0.0192. The van der Waals surface area contributed by atoms with Crippen molar-refractivity contribution in [2.75, 3.05) is 27.2 Å². The number of hydrogen-bond donors (Lipinski definition) is 3. The van der Waals surface area contributed by atoms with Crippen molar-refractivity contribution in [1.82, 2.24) is 19.9 Å². The number of nitrogens with one attached hydrogen (secondary N) is 1. The number of nitrogens with zero attached hydrogens (tertiary/aromatic N) is 3. The summed E-state index contributed by atoms with van der Waals surface area (Å²) in [7, 11) is 3.91. The van der Waals surface area contributed by atoms with Crippen LogP contribution in [0.15, 0.2) is 42.1 Å². The molecule has 1 aliphatic rings. The lowest BCUT2D eigenvalue weighted by atomic mass is 9.87. The summed E-state index contributed by atoms with van der Waals surface area (Å²) in [4.78, 5) is 25.3. The number of carboxylic acids is 1. The molecule has 2 aromatic heterocycles. The summed E-state index contributed by atoms with van der Waals surface area (Å²) in [5, 5.41) is 19.9. The number of phenols is 1. The number of phenolic OH excluding ortho intramolecular Hbond substituents is 1. The molecular weight excluding hydrogens is 427 g/mol. The van der Waals surface area contributed by atoms with Crippen molar-refractivity contribution in [3.63, 3.8) is 0 Å². The first-order valence-electron chi connectivity index (χ1n) is 10.5. The SMILES string of the molecule is CN(C)CCOc1ncccc1-c1ccc(O)c(-c2nc3c([nH]2)CC(C)(F)C(C(=O)O)=C3)c1. The monoisotopic (exact) mass is 452 g/mol. The average Bonchev–Trinajstić information content (AvgIpc) is 3.15. The number of carboxylic acid groups (broad SMARTS) is 1. The van der Waals surface area contributed by atoms with Crippen LogP contribution in [0.25, 0.3) is 28.6 Å². The zero-order valence-electron chi connectivity index (χ0n) is 18.6. The van der Waals surface area contributed by atoms with Gasteiger partial charge in [0.1, 0.15) is 23.8 Å². The Morgan fingerprint density at radius 1 is 1.30 bits per heavy atom. The summed E-state index contributed by atoms with van der Waals surface area (Å²) in [6, 6.07) is 8.70. The van der Waals surface area contributed by atoms with Gasteiger partial charge in [-0.1, -0.05) is 6.07 Å². The van der Waals surface area contributed by atoms with Gasteiger partial charge in [0.05, 0.1) is 16.8 Å². The van der Waals surface area contributed by atoms with Crippen LogP contribution >= 0.6 is 0 Å². The van der Waals surface area contributed by atoms with Crippen LogP contribution < -0.4 is 4.74 Å². The third-order valence-corrected chi connectivity index (χ3v) is 5.50. The van der Waals surface area contributed by atoms with Crippen molar-refractivity contribution in [2.45, 2.75) is 19.0 Å². The van der Waals surface area contributed by atoms with Crippen molar-refractivity contribution in [1.29, 1.82) is 0 Å². The van der Waals surface area contributed by atoms with E-state index in [1.165, 1.54) is 13.0 Å². The van der Waals surface area contributed by atoms with E-state index in [2.05, 4.69) is 15.0 Å². The molecule has 172 valence electrons. The van der Waals surface area contributed by atoms with E-state index in [9.17, 15) is 19.4 Å². The van der Waals surface area contributed by atoms with Crippen molar-refractivity contribution in [3.8, 4) is 34.1 Å². The molecule has 0 fully saturated rings. The lowest BCUT2D eigenvalue weighted by molar-refractivity contribution is -0.134. The van der Waals surface area contributed by atoms with Crippen LogP contribution in [-0.2, 0) is 11.2 Å². The fraction of sp³-hybridized carbons (Fsp3) is 0.292. The maximum Gasteiger partial charge on any atom is 0.334 e. The highest BCUT2D eigenvalue weighted by atomic mass is 19.1. The molecule has 1 aromatic carbocycles. The van der Waals surface area contributed by atoms with Crippen molar-refractivity contribution in [2.24, 2.45) is 0 Å². The molecule has 0 aliphatic heterocycles. The highest BCUT2D eigenvalue weighted by molar-refractivity contribution is 5.95. The molecule has 0 radical (unpaired) electrons. The normalized spacial score (nSPS) is 17.5. The smallest absolute Gasteiger partial charge is 0.334 e. The Hall–Kier alpha value is -3.72. The van der Waals surface area contributed by atoms with E-state index in [0.29, 0.717) is 35.3 Å². The van der Waals surface area contributed by atoms with Crippen LogP contribution in [0.3, 0.4) is 0 Å². The van der Waals surface area contributed by atoms with Gasteiger partial charge in [-0.2, -0.15) is 0 Å². The van der Waals surface area contributed by atoms with Crippen molar-refractivity contribution in [3.05, 3.63) is 53.5 Å². The van der Waals surface area contributed by atoms with Gasteiger partial charge in [0, 0.05) is 30.4 Å². The number of imidazole rings is 1. The van der Waals surface area contributed by atoms with Crippen LogP contribution in [-0.4, -0.2) is 68.9 Å². The van der Waals surface area contributed by atoms with Crippen LogP contribution in [0.5, 0.6) is 11.6 Å². The molecular formula is C24H25FN4O4. The number of alkyl halides is 1. The number of rotatable bonds is 7. The highest BCUT2D eigenvalue weighted by Gasteiger charge is 2.39. The van der Waals surface area contributed by atoms with Crippen LogP contribution in [0.4, 0.5) is 4.39 Å². The van der Waals surface area contributed by atoms with Gasteiger partial charge in [-0.15, -0.1) is 0 Å². The maximum absolute atomic E-state index is 14.9. The number of aromatic hydroxyl groups is 1. The van der Waals surface area contributed by atoms with E-state index in [0.717, 1.165) is 17.7 Å². The average molecular weight is 452 g/mol. The first kappa shape index (κ1) is 22.5. The largest absolute Gasteiger partial charge is 0.507 e. The number of carbonyl (C=O) groups is 1. The van der Waals surface area contributed by atoms with Gasteiger partial charge in [-0.05, 0) is 56.9 Å². The molecule has 0 amide bonds. The molecule has 0 saturated carbocycles. The predicted octanol–water partition coefficient (Wildman–Crippen LogP) is 3.54. The molecule has 4 rings (SSSR count). The van der Waals surface area contributed by atoms with E-state index in [4.69, 9.17) is 4.74 Å². The fourth-order valence-corrected chi connectivity index (χ4v) is 3.75. The zero-order valence-corrected chi connectivity index (χ0v) is 18.6. The molecule has 2 heterocycles. The van der Waals surface area contributed by atoms with Crippen molar-refractivity contribution < 1.29 is 24.1 Å². The summed E-state index contributed by atoms with van der Waals surface area (Å²) >= 11 is 0. The molecule has 1 atom stereocenters. The molecule has 0 spiro atoms. The number of hydrogen-bond acceptors (Lipinski definition) is 6. The molecule has 0 saturated heterocycles. The Kier molecular flexibility index (Phi) is 5.90. The molecule has 8 nitrogen and oxygen atoms in total. The number of benzene rings is 1. The number of H-pyrrole nitrogens is 1. The third-order valence-electron chi connectivity index (χ3n) is 5.50. The van der Waals surface area contributed by atoms with Gasteiger partial charge in [0.15, 0.2) is 0 Å². The number of halogens is 1. The molecule has 1 unspecified atom stereocenters. The summed E-state index contributed by atoms with van der Waals surface area (Å²) in [6.45, 7) is 2.43. The summed E-state index contributed by atoms with van der Waals surface area (Å²) in [6.07, 6.45) is 2.73. The van der Waals surface area contributed by atoms with Gasteiger partial charge in [0.2, 0.25) is 5.88 Å². The topological polar surface area (TPSA) is 112 Å². The number of ether oxygens (including phenoxy) is 1. The second kappa shape index (κ2) is 8.67. The van der Waals surface area contributed by atoms with Gasteiger partial charge < -0.3 is 24.8 Å². The molecule has 9 heteroatoms. The van der Waals surface area contributed by atoms with Gasteiger partial charge in [-0.25, -0.2) is 19.2 Å². The van der Waals surface area contributed by atoms with Gasteiger partial charge >= 0.3 is 5.97 Å². The molecule has 1 aliphatic carbocycles. The van der Waals surface area contributed by atoms with E-state index in [-0.39, 0.29) is 17.7 Å². The maximum atomic E-state index is 14.9. The fourth-order valence-electron chi connectivity index (χ4n) is 3.75. The standard InChI is InChI=1S/C24H25FN4O4/c1-24(25)13-19-18(12-17(24)23(31)32)27-21(28-19)16-11-14(6-7-20(16)30)15-5-4-8-26-22(15)33-10-9-29(2)3/h4-8,11-12,30H,9-10,13H2,1-3H3,(H,27,28)(H,31,32). The van der Waals surface area contributed by atoms with Crippen LogP contribution in [0.2, 0.25) is 0 Å². The second-order valence-corrected chi connectivity index (χ2v) is 8.43. The Morgan fingerprint density at radius 2 is 2.09 bits per heavy atom. The first-order chi connectivity index (χ1) is 15.7. The van der Waals surface area contributed by atoms with Crippen molar-refractivity contribution >= 4 is 12.0 Å². The lowest BCUT2D eigenvalue weighted by Gasteiger charge is -2.24. The summed E-state index contributed by atoms with van der Waals surface area (Å²) in [5.41, 5.74) is 0.341. The number of aromatic amines is 1. The van der Waals surface area contributed by atoms with Crippen LogP contribution in [0.1, 0.15) is 18.3 Å². The lowest BCUT2D eigenvalue weighted by Crippen LogP contribution is -2.32. The highest BCUT2D eigenvalue weighted by Crippen LogP contribution is 2.38. The quantitative estimate of drug-likeness (QED) is 0.503. The molecule has 0 bridgehead atoms. The second-order valence-electron chi connectivity index (χ2n) is 8.43. The van der Waals surface area contributed by atoms with E-state index >= 15 is 0 Å². The minimum atomic E-state index is -2.03. The summed E-state index contributed by atoms with van der Waals surface area (Å²) in [5.74, 6) is -0.554. The zero-order chi connectivity index (χ0) is 23.8. The molecule has 3 N–H and O–H groups in total. The van der Waals surface area contributed by atoms with E-state index in [1.54, 1.807) is 30.5 Å². The minimum Gasteiger partial charge on any atom is -0.507 e. The molecule has 3 aromatic rings. The Balaban J connectivity index is 1.71. The number of likely N-dealkylation sites (N-methyl/N-ethyl adjacent to an activating group) is 1. The summed E-state index contributed by atoms with van der Waals surface area (Å²) < 4.78 is 20.7. The number of aromatic nitrogens is 3. The Labute approximate surface area is 190 Å². The predicted molar refractivity (Wildman–Crippen MR) is 122 cm³/mol. The Morgan fingerprint density at radius 3 is 2.82 bits per heavy atom. The van der Waals surface area contributed by atoms with Gasteiger partial charge in [-0.3, -0.25) is 0 Å². The number of fused-ring (bicyclic) bond motifs is 1.